The van der Waals surface area contributed by atoms with Gasteiger partial charge in [-0.05, 0) is 54.8 Å². The van der Waals surface area contributed by atoms with Crippen molar-refractivity contribution in [1.29, 1.82) is 0 Å². The highest BCUT2D eigenvalue weighted by atomic mass is 32.1. The Balaban J connectivity index is 1.28. The van der Waals surface area contributed by atoms with Gasteiger partial charge in [0.15, 0.2) is 5.82 Å². The molecule has 4 amide bonds. The Morgan fingerprint density at radius 1 is 1.07 bits per heavy atom. The number of carbonyl (C=O) groups is 4. The van der Waals surface area contributed by atoms with E-state index in [4.69, 9.17) is 0 Å². The first-order valence-electron chi connectivity index (χ1n) is 13.2. The summed E-state index contributed by atoms with van der Waals surface area (Å²) in [6, 6.07) is 13.6. The SMILES string of the molecule is Cc1cc(C(=O)NC(Cc2cccc(F)c2)CN2C(=O)c3ccccc3C2=O)sc1-c1ncnc2c1N(C)CC(=O)N2. The lowest BCUT2D eigenvalue weighted by molar-refractivity contribution is -0.115. The molecular weight excluding hydrogens is 559 g/mol. The van der Waals surface area contributed by atoms with Gasteiger partial charge in [-0.3, -0.25) is 24.1 Å². The van der Waals surface area contributed by atoms with Crippen LogP contribution in [-0.4, -0.2) is 64.7 Å². The second kappa shape index (κ2) is 10.8. The van der Waals surface area contributed by atoms with E-state index in [9.17, 15) is 23.6 Å². The minimum Gasteiger partial charge on any atom is -0.360 e. The van der Waals surface area contributed by atoms with E-state index in [1.54, 1.807) is 54.4 Å². The molecule has 2 N–H and O–H groups in total. The molecule has 0 aliphatic carbocycles. The Kier molecular flexibility index (Phi) is 6.99. The molecule has 0 fully saturated rings. The molecule has 2 aliphatic heterocycles. The molecule has 4 aromatic rings. The minimum absolute atomic E-state index is 0.0876. The summed E-state index contributed by atoms with van der Waals surface area (Å²) in [6.07, 6.45) is 1.56. The maximum Gasteiger partial charge on any atom is 0.261 e. The Morgan fingerprint density at radius 2 is 1.81 bits per heavy atom. The summed E-state index contributed by atoms with van der Waals surface area (Å²) in [4.78, 5) is 64.4. The number of nitrogens with one attached hydrogen (secondary N) is 2. The molecule has 6 rings (SSSR count). The average Bonchev–Trinajstić information content (AvgIpc) is 3.46. The van der Waals surface area contributed by atoms with Gasteiger partial charge in [0.1, 0.15) is 23.5 Å². The molecule has 2 aliphatic rings. The van der Waals surface area contributed by atoms with E-state index >= 15 is 0 Å². The van der Waals surface area contributed by atoms with Crippen LogP contribution in [0, 0.1) is 12.7 Å². The summed E-state index contributed by atoms with van der Waals surface area (Å²) in [5, 5.41) is 5.73. The maximum absolute atomic E-state index is 14.0. The Labute approximate surface area is 244 Å². The zero-order valence-corrected chi connectivity index (χ0v) is 23.5. The van der Waals surface area contributed by atoms with Gasteiger partial charge < -0.3 is 15.5 Å². The first-order valence-corrected chi connectivity index (χ1v) is 14.0. The van der Waals surface area contributed by atoms with Crippen molar-refractivity contribution < 1.29 is 23.6 Å². The second-order valence-electron chi connectivity index (χ2n) is 10.2. The van der Waals surface area contributed by atoms with Crippen LogP contribution >= 0.6 is 11.3 Å². The highest BCUT2D eigenvalue weighted by Gasteiger charge is 2.37. The van der Waals surface area contributed by atoms with Crippen LogP contribution in [0.25, 0.3) is 10.6 Å². The predicted molar refractivity (Wildman–Crippen MR) is 155 cm³/mol. The van der Waals surface area contributed by atoms with Crippen molar-refractivity contribution in [3.63, 3.8) is 0 Å². The van der Waals surface area contributed by atoms with Gasteiger partial charge >= 0.3 is 0 Å². The number of carbonyl (C=O) groups excluding carboxylic acids is 4. The number of hydrogen-bond donors (Lipinski definition) is 2. The second-order valence-corrected chi connectivity index (χ2v) is 11.3. The van der Waals surface area contributed by atoms with E-state index in [-0.39, 0.29) is 25.4 Å². The lowest BCUT2D eigenvalue weighted by Crippen LogP contribution is -2.46. The third-order valence-electron chi connectivity index (χ3n) is 7.19. The standard InChI is InChI=1S/C30H25FN6O4S/c1-16-10-22(42-26(16)24-25-27(33-15-32-24)35-23(38)14-36(25)2)28(39)34-19(12-17-6-5-7-18(31)11-17)13-37-29(40)20-8-3-4-9-21(20)30(37)41/h3-11,15,19H,12-14H2,1-2H3,(H,34,39)(H,32,33,35,38). The van der Waals surface area contributed by atoms with Crippen LogP contribution in [0.4, 0.5) is 15.9 Å². The lowest BCUT2D eigenvalue weighted by Gasteiger charge is -2.27. The summed E-state index contributed by atoms with van der Waals surface area (Å²) < 4.78 is 14.0. The third kappa shape index (κ3) is 5.00. The summed E-state index contributed by atoms with van der Waals surface area (Å²) >= 11 is 1.23. The fourth-order valence-electron chi connectivity index (χ4n) is 5.28. The topological polar surface area (TPSA) is 125 Å². The minimum atomic E-state index is -0.694. The van der Waals surface area contributed by atoms with Gasteiger partial charge in [0.25, 0.3) is 17.7 Å². The van der Waals surface area contributed by atoms with E-state index in [2.05, 4.69) is 20.6 Å². The van der Waals surface area contributed by atoms with Gasteiger partial charge in [-0.15, -0.1) is 11.3 Å². The first kappa shape index (κ1) is 27.2. The molecule has 212 valence electrons. The number of nitrogens with zero attached hydrogens (tertiary/aromatic N) is 4. The molecule has 1 unspecified atom stereocenters. The highest BCUT2D eigenvalue weighted by Crippen LogP contribution is 2.40. The van der Waals surface area contributed by atoms with Crippen LogP contribution in [0.15, 0.2) is 60.9 Å². The van der Waals surface area contributed by atoms with E-state index in [0.29, 0.717) is 38.8 Å². The molecule has 2 aromatic heterocycles. The number of aromatic nitrogens is 2. The van der Waals surface area contributed by atoms with Gasteiger partial charge in [0.05, 0.1) is 33.5 Å². The number of rotatable bonds is 7. The number of hydrogen-bond acceptors (Lipinski definition) is 8. The molecule has 0 radical (unpaired) electrons. The maximum atomic E-state index is 14.0. The summed E-state index contributed by atoms with van der Waals surface area (Å²) in [5.41, 5.74) is 3.28. The van der Waals surface area contributed by atoms with Crippen LogP contribution in [0.5, 0.6) is 0 Å². The Morgan fingerprint density at radius 3 is 2.52 bits per heavy atom. The molecular formula is C30H25FN6O4S. The molecule has 2 aromatic carbocycles. The quantitative estimate of drug-likeness (QED) is 0.318. The van der Waals surface area contributed by atoms with Gasteiger partial charge in [-0.2, -0.15) is 0 Å². The zero-order valence-electron chi connectivity index (χ0n) is 22.7. The number of aryl methyl sites for hydroxylation is 1. The van der Waals surface area contributed by atoms with Crippen molar-refractivity contribution in [3.05, 3.63) is 93.9 Å². The van der Waals surface area contributed by atoms with Crippen LogP contribution in [-0.2, 0) is 11.2 Å². The van der Waals surface area contributed by atoms with Crippen molar-refractivity contribution in [2.24, 2.45) is 0 Å². The number of imide groups is 1. The zero-order chi connectivity index (χ0) is 29.5. The number of benzene rings is 2. The molecule has 4 heterocycles. The van der Waals surface area contributed by atoms with Gasteiger partial charge in [0, 0.05) is 13.6 Å². The monoisotopic (exact) mass is 584 g/mol. The fraction of sp³-hybridized carbons (Fsp3) is 0.200. The lowest BCUT2D eigenvalue weighted by atomic mass is 10.0. The van der Waals surface area contributed by atoms with Crippen molar-refractivity contribution in [3.8, 4) is 10.6 Å². The molecule has 0 saturated carbocycles. The van der Waals surface area contributed by atoms with Crippen LogP contribution < -0.4 is 15.5 Å². The molecule has 0 spiro atoms. The number of likely N-dealkylation sites (N-methyl/N-ethyl adjacent to an activating group) is 1. The summed E-state index contributed by atoms with van der Waals surface area (Å²) in [5.74, 6) is -1.49. The molecule has 0 saturated heterocycles. The molecule has 10 nitrogen and oxygen atoms in total. The molecule has 12 heteroatoms. The Hall–Kier alpha value is -4.97. The van der Waals surface area contributed by atoms with Crippen molar-refractivity contribution >= 4 is 46.5 Å². The van der Waals surface area contributed by atoms with Crippen molar-refractivity contribution in [2.45, 2.75) is 19.4 Å². The Bertz CT molecular complexity index is 1740. The van der Waals surface area contributed by atoms with Crippen LogP contribution in [0.3, 0.4) is 0 Å². The smallest absolute Gasteiger partial charge is 0.261 e. The first-order chi connectivity index (χ1) is 20.2. The van der Waals surface area contributed by atoms with Crippen molar-refractivity contribution in [2.75, 3.05) is 30.4 Å². The number of fused-ring (bicyclic) bond motifs is 2. The van der Waals surface area contributed by atoms with Crippen LogP contribution in [0.1, 0.15) is 41.5 Å². The summed E-state index contributed by atoms with van der Waals surface area (Å²) in [6.45, 7) is 1.92. The number of anilines is 2. The van der Waals surface area contributed by atoms with Gasteiger partial charge in [-0.1, -0.05) is 24.3 Å². The molecule has 1 atom stereocenters. The normalized spacial score (nSPS) is 14.9. The number of halogens is 1. The van der Waals surface area contributed by atoms with Gasteiger partial charge in [0.2, 0.25) is 5.91 Å². The highest BCUT2D eigenvalue weighted by molar-refractivity contribution is 7.17. The van der Waals surface area contributed by atoms with E-state index in [0.717, 1.165) is 15.3 Å². The van der Waals surface area contributed by atoms with E-state index < -0.39 is 29.6 Å². The molecule has 42 heavy (non-hydrogen) atoms. The van der Waals surface area contributed by atoms with Crippen LogP contribution in [0.2, 0.25) is 0 Å². The van der Waals surface area contributed by atoms with E-state index in [1.165, 1.54) is 29.8 Å². The largest absolute Gasteiger partial charge is 0.360 e. The predicted octanol–water partition coefficient (Wildman–Crippen LogP) is 3.68. The number of amides is 4. The fourth-order valence-corrected chi connectivity index (χ4v) is 6.36. The number of thiophene rings is 1. The summed E-state index contributed by atoms with van der Waals surface area (Å²) in [7, 11) is 1.78. The van der Waals surface area contributed by atoms with E-state index in [1.807, 2.05) is 6.92 Å². The third-order valence-corrected chi connectivity index (χ3v) is 8.43. The molecule has 0 bridgehead atoms. The van der Waals surface area contributed by atoms with Gasteiger partial charge in [-0.25, -0.2) is 14.4 Å². The van der Waals surface area contributed by atoms with Crippen molar-refractivity contribution in [1.82, 2.24) is 20.2 Å². The average molecular weight is 585 g/mol.